The smallest absolute Gasteiger partial charge is 0.120 e. The van der Waals surface area contributed by atoms with Crippen molar-refractivity contribution in [3.8, 4) is 0 Å². The number of aliphatic hydroxyl groups excluding tert-OH is 1. The molecule has 0 aliphatic heterocycles. The molecule has 1 rings (SSSR count). The van der Waals surface area contributed by atoms with E-state index in [1.165, 1.54) is 10.5 Å². The molecule has 18 heavy (non-hydrogen) atoms. The van der Waals surface area contributed by atoms with Gasteiger partial charge in [-0.2, -0.15) is 0 Å². The summed E-state index contributed by atoms with van der Waals surface area (Å²) in [6, 6.07) is 8.15. The van der Waals surface area contributed by atoms with E-state index in [-0.39, 0.29) is 11.4 Å². The van der Waals surface area contributed by atoms with Crippen molar-refractivity contribution in [3.05, 3.63) is 29.8 Å². The van der Waals surface area contributed by atoms with Crippen LogP contribution in [0.5, 0.6) is 0 Å². The Balaban J connectivity index is 2.59. The fourth-order valence-electron chi connectivity index (χ4n) is 1.52. The zero-order valence-electron chi connectivity index (χ0n) is 10.9. The zero-order valence-corrected chi connectivity index (χ0v) is 12.5. The highest BCUT2D eigenvalue weighted by Crippen LogP contribution is 2.43. The van der Waals surface area contributed by atoms with E-state index in [1.54, 1.807) is 21.6 Å². The second-order valence-electron chi connectivity index (χ2n) is 4.71. The van der Waals surface area contributed by atoms with Gasteiger partial charge >= 0.3 is 0 Å². The quantitative estimate of drug-likeness (QED) is 0.583. The van der Waals surface area contributed by atoms with E-state index in [1.807, 2.05) is 12.1 Å². The topological polar surface area (TPSA) is 37.3 Å². The Morgan fingerprint density at radius 1 is 1.33 bits per heavy atom. The van der Waals surface area contributed by atoms with Gasteiger partial charge < -0.3 is 9.90 Å². The third-order valence-electron chi connectivity index (χ3n) is 2.58. The summed E-state index contributed by atoms with van der Waals surface area (Å²) in [5.41, 5.74) is 1.18. The van der Waals surface area contributed by atoms with Crippen LogP contribution in [-0.2, 0) is 11.2 Å². The number of hydrogen-bond donors (Lipinski definition) is 1. The molecular weight excluding hydrogens is 264 g/mol. The summed E-state index contributed by atoms with van der Waals surface area (Å²) in [5.74, 6) is 0. The van der Waals surface area contributed by atoms with Crippen LogP contribution >= 0.6 is 21.6 Å². The minimum atomic E-state index is 0.0813. The van der Waals surface area contributed by atoms with Crippen molar-refractivity contribution < 1.29 is 9.90 Å². The summed E-state index contributed by atoms with van der Waals surface area (Å²) in [6.07, 6.45) is 3.17. The van der Waals surface area contributed by atoms with E-state index < -0.39 is 0 Å². The highest BCUT2D eigenvalue weighted by molar-refractivity contribution is 8.77. The predicted octanol–water partition coefficient (Wildman–Crippen LogP) is 3.72. The monoisotopic (exact) mass is 284 g/mol. The molecule has 0 unspecified atom stereocenters. The summed E-state index contributed by atoms with van der Waals surface area (Å²) >= 11 is 0. The van der Waals surface area contributed by atoms with Gasteiger partial charge in [0, 0.05) is 22.7 Å². The minimum absolute atomic E-state index is 0.0813. The van der Waals surface area contributed by atoms with Crippen LogP contribution in [0.2, 0.25) is 0 Å². The molecule has 1 aromatic carbocycles. The Kier molecular flexibility index (Phi) is 6.82. The maximum Gasteiger partial charge on any atom is 0.120 e. The summed E-state index contributed by atoms with van der Waals surface area (Å²) in [7, 11) is 3.52. The SMILES string of the molecule is CC(C)(CCC=O)SSc1ccccc1CCO. The van der Waals surface area contributed by atoms with Crippen LogP contribution in [0.4, 0.5) is 0 Å². The van der Waals surface area contributed by atoms with E-state index in [2.05, 4.69) is 26.0 Å². The maximum atomic E-state index is 10.4. The first-order valence-electron chi connectivity index (χ1n) is 6.07. The van der Waals surface area contributed by atoms with Crippen molar-refractivity contribution in [2.75, 3.05) is 6.61 Å². The molecule has 4 heteroatoms. The van der Waals surface area contributed by atoms with Gasteiger partial charge in [-0.3, -0.25) is 0 Å². The molecule has 0 radical (unpaired) electrons. The third kappa shape index (κ3) is 5.46. The van der Waals surface area contributed by atoms with E-state index in [0.29, 0.717) is 12.8 Å². The highest BCUT2D eigenvalue weighted by atomic mass is 33.1. The number of carbonyl (C=O) groups excluding carboxylic acids is 1. The predicted molar refractivity (Wildman–Crippen MR) is 80.1 cm³/mol. The molecule has 0 spiro atoms. The van der Waals surface area contributed by atoms with E-state index >= 15 is 0 Å². The molecule has 0 amide bonds. The van der Waals surface area contributed by atoms with Gasteiger partial charge in [-0.25, -0.2) is 0 Å². The van der Waals surface area contributed by atoms with E-state index in [0.717, 1.165) is 12.7 Å². The first-order chi connectivity index (χ1) is 8.59. The number of rotatable bonds is 8. The number of hydrogen-bond acceptors (Lipinski definition) is 4. The Hall–Kier alpha value is -0.450. The Bertz CT molecular complexity index is 378. The number of aliphatic hydroxyl groups is 1. The van der Waals surface area contributed by atoms with Crippen LogP contribution in [0.1, 0.15) is 32.3 Å². The van der Waals surface area contributed by atoms with Crippen LogP contribution in [0.25, 0.3) is 0 Å². The Morgan fingerprint density at radius 2 is 2.06 bits per heavy atom. The number of benzene rings is 1. The fourth-order valence-corrected chi connectivity index (χ4v) is 4.13. The second kappa shape index (κ2) is 7.87. The van der Waals surface area contributed by atoms with Crippen LogP contribution in [0, 0.1) is 0 Å². The molecule has 1 aromatic rings. The summed E-state index contributed by atoms with van der Waals surface area (Å²) in [4.78, 5) is 11.6. The third-order valence-corrected chi connectivity index (χ3v) is 6.03. The van der Waals surface area contributed by atoms with Crippen molar-refractivity contribution in [1.82, 2.24) is 0 Å². The number of aldehydes is 1. The van der Waals surface area contributed by atoms with Crippen LogP contribution in [0.15, 0.2) is 29.2 Å². The van der Waals surface area contributed by atoms with E-state index in [9.17, 15) is 4.79 Å². The molecule has 0 atom stereocenters. The molecule has 100 valence electrons. The average molecular weight is 284 g/mol. The molecule has 0 aliphatic carbocycles. The van der Waals surface area contributed by atoms with Gasteiger partial charge in [0.2, 0.25) is 0 Å². The second-order valence-corrected chi connectivity index (χ2v) is 7.59. The molecule has 0 saturated carbocycles. The minimum Gasteiger partial charge on any atom is -0.396 e. The fraction of sp³-hybridized carbons (Fsp3) is 0.500. The first-order valence-corrected chi connectivity index (χ1v) is 8.22. The lowest BCUT2D eigenvalue weighted by Gasteiger charge is -2.22. The van der Waals surface area contributed by atoms with Crippen molar-refractivity contribution in [2.24, 2.45) is 0 Å². The van der Waals surface area contributed by atoms with Crippen LogP contribution < -0.4 is 0 Å². The van der Waals surface area contributed by atoms with Gasteiger partial charge in [-0.05, 0) is 38.3 Å². The van der Waals surface area contributed by atoms with Gasteiger partial charge in [0.25, 0.3) is 0 Å². The zero-order chi connectivity index (χ0) is 13.4. The van der Waals surface area contributed by atoms with Crippen molar-refractivity contribution in [3.63, 3.8) is 0 Å². The molecular formula is C14H20O2S2. The molecule has 0 aliphatic rings. The van der Waals surface area contributed by atoms with Gasteiger partial charge in [0.15, 0.2) is 0 Å². The molecule has 0 bridgehead atoms. The lowest BCUT2D eigenvalue weighted by atomic mass is 10.1. The molecule has 2 nitrogen and oxygen atoms in total. The molecule has 0 fully saturated rings. The van der Waals surface area contributed by atoms with Gasteiger partial charge in [0.1, 0.15) is 6.29 Å². The summed E-state index contributed by atoms with van der Waals surface area (Å²) in [6.45, 7) is 4.49. The van der Waals surface area contributed by atoms with Crippen molar-refractivity contribution in [1.29, 1.82) is 0 Å². The number of carbonyl (C=O) groups is 1. The van der Waals surface area contributed by atoms with Crippen LogP contribution in [-0.4, -0.2) is 22.7 Å². The molecule has 0 saturated heterocycles. The van der Waals surface area contributed by atoms with Crippen molar-refractivity contribution in [2.45, 2.75) is 42.8 Å². The lowest BCUT2D eigenvalue weighted by Crippen LogP contribution is -2.12. The van der Waals surface area contributed by atoms with Gasteiger partial charge in [0.05, 0.1) is 0 Å². The molecule has 1 N–H and O–H groups in total. The molecule has 0 heterocycles. The maximum absolute atomic E-state index is 10.4. The summed E-state index contributed by atoms with van der Waals surface area (Å²) in [5, 5.41) is 9.03. The largest absolute Gasteiger partial charge is 0.396 e. The summed E-state index contributed by atoms with van der Waals surface area (Å²) < 4.78 is 0.0813. The highest BCUT2D eigenvalue weighted by Gasteiger charge is 2.19. The van der Waals surface area contributed by atoms with Crippen LogP contribution in [0.3, 0.4) is 0 Å². The lowest BCUT2D eigenvalue weighted by molar-refractivity contribution is -0.108. The Morgan fingerprint density at radius 3 is 2.72 bits per heavy atom. The average Bonchev–Trinajstić information content (AvgIpc) is 2.36. The van der Waals surface area contributed by atoms with Gasteiger partial charge in [-0.1, -0.05) is 39.8 Å². The Labute approximate surface area is 117 Å². The van der Waals surface area contributed by atoms with E-state index in [4.69, 9.17) is 5.11 Å². The van der Waals surface area contributed by atoms with Gasteiger partial charge in [-0.15, -0.1) is 0 Å². The standard InChI is InChI=1S/C14H20O2S2/c1-14(2,9-5-10-15)18-17-13-7-4-3-6-12(13)8-11-16/h3-4,6-7,10,16H,5,8-9,11H2,1-2H3. The van der Waals surface area contributed by atoms with Crippen molar-refractivity contribution >= 4 is 27.9 Å². The first kappa shape index (κ1) is 15.6. The normalized spacial score (nSPS) is 11.5. The molecule has 0 aromatic heterocycles.